The van der Waals surface area contributed by atoms with Gasteiger partial charge in [-0.15, -0.1) is 0 Å². The van der Waals surface area contributed by atoms with Crippen molar-refractivity contribution in [3.05, 3.63) is 23.3 Å². The molecule has 5 nitrogen and oxygen atoms in total. The lowest BCUT2D eigenvalue weighted by Gasteiger charge is -2.30. The summed E-state index contributed by atoms with van der Waals surface area (Å²) in [6.07, 6.45) is 1.44. The Morgan fingerprint density at radius 1 is 1.25 bits per heavy atom. The third-order valence-electron chi connectivity index (χ3n) is 4.77. The van der Waals surface area contributed by atoms with Gasteiger partial charge in [0.15, 0.2) is 0 Å². The van der Waals surface area contributed by atoms with Crippen LogP contribution in [0.5, 0.6) is 5.75 Å². The van der Waals surface area contributed by atoms with Gasteiger partial charge >= 0.3 is 0 Å². The van der Waals surface area contributed by atoms with Gasteiger partial charge in [0.25, 0.3) is 0 Å². The van der Waals surface area contributed by atoms with Gasteiger partial charge in [-0.3, -0.25) is 9.59 Å². The molecule has 0 saturated carbocycles. The molecule has 0 aliphatic carbocycles. The van der Waals surface area contributed by atoms with E-state index in [2.05, 4.69) is 19.2 Å². The molecule has 0 spiro atoms. The first-order chi connectivity index (χ1) is 11.3. The molecule has 1 aromatic carbocycles. The minimum absolute atomic E-state index is 0.0374. The maximum atomic E-state index is 12.6. The standard InChI is InChI=1S/C19H28N2O3/c1-12(2)16-11-17(13(3)10-18(16)24-5)20-19(23)15-6-8-21(9-7-15)14(4)22/h10-12,15H,6-9H2,1-5H3,(H,20,23). The molecular formula is C19H28N2O3. The van der Waals surface area contributed by atoms with E-state index in [0.29, 0.717) is 19.0 Å². The molecule has 1 aliphatic rings. The van der Waals surface area contributed by atoms with E-state index < -0.39 is 0 Å². The Labute approximate surface area is 144 Å². The summed E-state index contributed by atoms with van der Waals surface area (Å²) in [7, 11) is 1.67. The molecule has 0 unspecified atom stereocenters. The quantitative estimate of drug-likeness (QED) is 0.920. The molecule has 1 aliphatic heterocycles. The van der Waals surface area contributed by atoms with Crippen LogP contribution in [0, 0.1) is 12.8 Å². The van der Waals surface area contributed by atoms with Crippen LogP contribution in [0.1, 0.15) is 50.7 Å². The number of piperidine rings is 1. The van der Waals surface area contributed by atoms with Gasteiger partial charge in [-0.1, -0.05) is 13.8 Å². The van der Waals surface area contributed by atoms with Gasteiger partial charge < -0.3 is 15.0 Å². The Kier molecular flexibility index (Phi) is 5.86. The first-order valence-electron chi connectivity index (χ1n) is 8.58. The predicted molar refractivity (Wildman–Crippen MR) is 95.4 cm³/mol. The number of hydrogen-bond donors (Lipinski definition) is 1. The fraction of sp³-hybridized carbons (Fsp3) is 0.579. The number of aryl methyl sites for hydroxylation is 1. The molecule has 2 rings (SSSR count). The van der Waals surface area contributed by atoms with E-state index in [1.54, 1.807) is 18.9 Å². The fourth-order valence-electron chi connectivity index (χ4n) is 3.15. The largest absolute Gasteiger partial charge is 0.496 e. The number of nitrogens with one attached hydrogen (secondary N) is 1. The summed E-state index contributed by atoms with van der Waals surface area (Å²) in [6.45, 7) is 9.08. The Morgan fingerprint density at radius 3 is 2.38 bits per heavy atom. The summed E-state index contributed by atoms with van der Waals surface area (Å²) >= 11 is 0. The number of carbonyl (C=O) groups excluding carboxylic acids is 2. The van der Waals surface area contributed by atoms with Crippen LogP contribution in [-0.2, 0) is 9.59 Å². The second-order valence-corrected chi connectivity index (χ2v) is 6.83. The Hall–Kier alpha value is -2.04. The van der Waals surface area contributed by atoms with E-state index in [1.165, 1.54) is 0 Å². The van der Waals surface area contributed by atoms with Crippen LogP contribution in [0.4, 0.5) is 5.69 Å². The molecule has 132 valence electrons. The highest BCUT2D eigenvalue weighted by atomic mass is 16.5. The van der Waals surface area contributed by atoms with Crippen molar-refractivity contribution in [2.75, 3.05) is 25.5 Å². The zero-order valence-corrected chi connectivity index (χ0v) is 15.3. The van der Waals surface area contributed by atoms with Gasteiger partial charge in [0.1, 0.15) is 5.75 Å². The molecule has 0 aromatic heterocycles. The number of carbonyl (C=O) groups is 2. The highest BCUT2D eigenvalue weighted by Gasteiger charge is 2.26. The van der Waals surface area contributed by atoms with Gasteiger partial charge in [0.05, 0.1) is 7.11 Å². The van der Waals surface area contributed by atoms with Crippen molar-refractivity contribution in [2.45, 2.75) is 46.5 Å². The number of amides is 2. The lowest BCUT2D eigenvalue weighted by Crippen LogP contribution is -2.40. The molecule has 1 N–H and O–H groups in total. The summed E-state index contributed by atoms with van der Waals surface area (Å²) in [5, 5.41) is 3.07. The maximum Gasteiger partial charge on any atom is 0.227 e. The van der Waals surface area contributed by atoms with Crippen LogP contribution >= 0.6 is 0 Å². The van der Waals surface area contributed by atoms with Crippen molar-refractivity contribution < 1.29 is 14.3 Å². The maximum absolute atomic E-state index is 12.6. The lowest BCUT2D eigenvalue weighted by molar-refractivity contribution is -0.132. The van der Waals surface area contributed by atoms with Crippen molar-refractivity contribution in [1.82, 2.24) is 4.90 Å². The molecule has 1 heterocycles. The van der Waals surface area contributed by atoms with E-state index in [9.17, 15) is 9.59 Å². The summed E-state index contributed by atoms with van der Waals surface area (Å²) in [6, 6.07) is 3.99. The highest BCUT2D eigenvalue weighted by Crippen LogP contribution is 2.32. The van der Waals surface area contributed by atoms with Gasteiger partial charge in [-0.2, -0.15) is 0 Å². The predicted octanol–water partition coefficient (Wildman–Crippen LogP) is 3.32. The molecule has 1 saturated heterocycles. The van der Waals surface area contributed by atoms with Crippen LogP contribution in [0.25, 0.3) is 0 Å². The lowest BCUT2D eigenvalue weighted by atomic mass is 9.95. The van der Waals surface area contributed by atoms with Crippen molar-refractivity contribution in [3.63, 3.8) is 0 Å². The number of anilines is 1. The zero-order chi connectivity index (χ0) is 17.9. The molecule has 0 atom stereocenters. The van der Waals surface area contributed by atoms with Gasteiger partial charge in [-0.25, -0.2) is 0 Å². The molecule has 5 heteroatoms. The number of benzene rings is 1. The molecule has 0 bridgehead atoms. The molecule has 1 aromatic rings. The average Bonchev–Trinajstić information content (AvgIpc) is 2.56. The van der Waals surface area contributed by atoms with E-state index in [4.69, 9.17) is 4.74 Å². The molecule has 1 fully saturated rings. The van der Waals surface area contributed by atoms with Crippen molar-refractivity contribution in [1.29, 1.82) is 0 Å². The Balaban J connectivity index is 2.09. The topological polar surface area (TPSA) is 58.6 Å². The minimum Gasteiger partial charge on any atom is -0.496 e. The van der Waals surface area contributed by atoms with Crippen molar-refractivity contribution in [2.24, 2.45) is 5.92 Å². The zero-order valence-electron chi connectivity index (χ0n) is 15.3. The molecule has 2 amide bonds. The van der Waals surface area contributed by atoms with Crippen LogP contribution in [0.3, 0.4) is 0 Å². The first kappa shape index (κ1) is 18.3. The summed E-state index contributed by atoms with van der Waals surface area (Å²) in [5.41, 5.74) is 2.93. The van der Waals surface area contributed by atoms with Crippen molar-refractivity contribution >= 4 is 17.5 Å². The van der Waals surface area contributed by atoms with Crippen LogP contribution in [-0.4, -0.2) is 36.9 Å². The number of methoxy groups -OCH3 is 1. The summed E-state index contributed by atoms with van der Waals surface area (Å²) in [4.78, 5) is 25.8. The van der Waals surface area contributed by atoms with E-state index in [0.717, 1.165) is 35.4 Å². The van der Waals surface area contributed by atoms with Gasteiger partial charge in [0, 0.05) is 31.6 Å². The van der Waals surface area contributed by atoms with E-state index >= 15 is 0 Å². The summed E-state index contributed by atoms with van der Waals surface area (Å²) in [5.74, 6) is 1.26. The SMILES string of the molecule is COc1cc(C)c(NC(=O)C2CCN(C(C)=O)CC2)cc1C(C)C. The monoisotopic (exact) mass is 332 g/mol. The number of ether oxygens (including phenoxy) is 1. The van der Waals surface area contributed by atoms with E-state index in [-0.39, 0.29) is 17.7 Å². The Bertz CT molecular complexity index is 617. The third kappa shape index (κ3) is 4.08. The molecular weight excluding hydrogens is 304 g/mol. The number of likely N-dealkylation sites (tertiary alicyclic amines) is 1. The van der Waals surface area contributed by atoms with Crippen molar-refractivity contribution in [3.8, 4) is 5.75 Å². The van der Waals surface area contributed by atoms with Gasteiger partial charge in [0.2, 0.25) is 11.8 Å². The minimum atomic E-state index is -0.0374. The molecule has 0 radical (unpaired) electrons. The number of nitrogens with zero attached hydrogens (tertiary/aromatic N) is 1. The highest BCUT2D eigenvalue weighted by molar-refractivity contribution is 5.93. The third-order valence-corrected chi connectivity index (χ3v) is 4.77. The Morgan fingerprint density at radius 2 is 1.88 bits per heavy atom. The van der Waals surface area contributed by atoms with E-state index in [1.807, 2.05) is 19.1 Å². The number of hydrogen-bond acceptors (Lipinski definition) is 3. The molecule has 24 heavy (non-hydrogen) atoms. The second kappa shape index (κ2) is 7.69. The van der Waals surface area contributed by atoms with Crippen LogP contribution in [0.15, 0.2) is 12.1 Å². The first-order valence-corrected chi connectivity index (χ1v) is 8.58. The summed E-state index contributed by atoms with van der Waals surface area (Å²) < 4.78 is 5.45. The normalized spacial score (nSPS) is 15.5. The smallest absolute Gasteiger partial charge is 0.227 e. The van der Waals surface area contributed by atoms with Gasteiger partial charge in [-0.05, 0) is 48.9 Å². The average molecular weight is 332 g/mol. The second-order valence-electron chi connectivity index (χ2n) is 6.83. The van der Waals surface area contributed by atoms with Crippen LogP contribution < -0.4 is 10.1 Å². The fourth-order valence-corrected chi connectivity index (χ4v) is 3.15. The van der Waals surface area contributed by atoms with Crippen LogP contribution in [0.2, 0.25) is 0 Å². The number of rotatable bonds is 4.